The standard InChI is InChI=1S/C8H6Cl2N2/c9-3-7-2-1-6(5-11)8(4-10)12-7/h1-2H,3-4H2. The molecule has 1 aromatic heterocycles. The number of halogens is 2. The lowest BCUT2D eigenvalue weighted by Gasteiger charge is -1.99. The van der Waals surface area contributed by atoms with E-state index in [-0.39, 0.29) is 5.88 Å². The molecule has 1 aromatic rings. The van der Waals surface area contributed by atoms with Crippen molar-refractivity contribution in [2.75, 3.05) is 0 Å². The second-order valence-electron chi connectivity index (χ2n) is 2.18. The zero-order valence-electron chi connectivity index (χ0n) is 6.22. The predicted molar refractivity (Wildman–Crippen MR) is 48.1 cm³/mol. The third-order valence-electron chi connectivity index (χ3n) is 1.42. The molecule has 0 bridgehead atoms. The van der Waals surface area contributed by atoms with Gasteiger partial charge in [-0.1, -0.05) is 0 Å². The fourth-order valence-corrected chi connectivity index (χ4v) is 1.18. The molecule has 0 aliphatic heterocycles. The summed E-state index contributed by atoms with van der Waals surface area (Å²) in [6.07, 6.45) is 0. The van der Waals surface area contributed by atoms with Crippen LogP contribution in [0, 0.1) is 11.3 Å². The Morgan fingerprint density at radius 3 is 2.58 bits per heavy atom. The summed E-state index contributed by atoms with van der Waals surface area (Å²) in [5.41, 5.74) is 1.85. The van der Waals surface area contributed by atoms with Gasteiger partial charge in [0.15, 0.2) is 0 Å². The van der Waals surface area contributed by atoms with Crippen molar-refractivity contribution in [2.45, 2.75) is 11.8 Å². The van der Waals surface area contributed by atoms with E-state index < -0.39 is 0 Å². The second kappa shape index (κ2) is 4.30. The van der Waals surface area contributed by atoms with Crippen LogP contribution in [0.1, 0.15) is 17.0 Å². The topological polar surface area (TPSA) is 36.7 Å². The average Bonchev–Trinajstić information content (AvgIpc) is 2.16. The first-order valence-electron chi connectivity index (χ1n) is 3.32. The molecule has 0 fully saturated rings. The van der Waals surface area contributed by atoms with E-state index in [9.17, 15) is 0 Å². The molecular weight excluding hydrogens is 195 g/mol. The molecule has 0 saturated carbocycles. The minimum Gasteiger partial charge on any atom is -0.254 e. The van der Waals surface area contributed by atoms with Gasteiger partial charge in [0.2, 0.25) is 0 Å². The van der Waals surface area contributed by atoms with Gasteiger partial charge in [-0.2, -0.15) is 5.26 Å². The first kappa shape index (κ1) is 9.31. The lowest BCUT2D eigenvalue weighted by Crippen LogP contribution is -1.94. The van der Waals surface area contributed by atoms with E-state index in [1.807, 2.05) is 6.07 Å². The van der Waals surface area contributed by atoms with Crippen LogP contribution in [-0.4, -0.2) is 4.98 Å². The monoisotopic (exact) mass is 200 g/mol. The zero-order chi connectivity index (χ0) is 8.97. The van der Waals surface area contributed by atoms with E-state index in [0.29, 0.717) is 17.1 Å². The molecule has 2 nitrogen and oxygen atoms in total. The molecule has 0 aromatic carbocycles. The minimum absolute atomic E-state index is 0.244. The van der Waals surface area contributed by atoms with Gasteiger partial charge in [-0.05, 0) is 12.1 Å². The highest BCUT2D eigenvalue weighted by atomic mass is 35.5. The predicted octanol–water partition coefficient (Wildman–Crippen LogP) is 2.43. The zero-order valence-corrected chi connectivity index (χ0v) is 7.73. The molecule has 12 heavy (non-hydrogen) atoms. The Morgan fingerprint density at radius 2 is 2.08 bits per heavy atom. The largest absolute Gasteiger partial charge is 0.254 e. The number of nitriles is 1. The quantitative estimate of drug-likeness (QED) is 0.689. The van der Waals surface area contributed by atoms with Crippen LogP contribution in [0.15, 0.2) is 12.1 Å². The normalized spacial score (nSPS) is 9.42. The Balaban J connectivity index is 3.13. The Labute approximate surface area is 80.7 Å². The Morgan fingerprint density at radius 1 is 1.33 bits per heavy atom. The van der Waals surface area contributed by atoms with Crippen molar-refractivity contribution in [1.29, 1.82) is 5.26 Å². The van der Waals surface area contributed by atoms with E-state index in [1.165, 1.54) is 0 Å². The fraction of sp³-hybridized carbons (Fsp3) is 0.250. The molecule has 0 N–H and O–H groups in total. The summed E-state index contributed by atoms with van der Waals surface area (Å²) in [5.74, 6) is 0.587. The van der Waals surface area contributed by atoms with Crippen LogP contribution in [0.3, 0.4) is 0 Å². The summed E-state index contributed by atoms with van der Waals surface area (Å²) >= 11 is 11.1. The van der Waals surface area contributed by atoms with Crippen molar-refractivity contribution in [2.24, 2.45) is 0 Å². The third-order valence-corrected chi connectivity index (χ3v) is 1.94. The van der Waals surface area contributed by atoms with Gasteiger partial charge in [-0.15, -0.1) is 23.2 Å². The van der Waals surface area contributed by atoms with Gasteiger partial charge in [-0.25, -0.2) is 0 Å². The fourth-order valence-electron chi connectivity index (χ4n) is 0.825. The highest BCUT2D eigenvalue weighted by molar-refractivity contribution is 6.17. The van der Waals surface area contributed by atoms with Crippen LogP contribution < -0.4 is 0 Å². The van der Waals surface area contributed by atoms with Crippen molar-refractivity contribution in [1.82, 2.24) is 4.98 Å². The average molecular weight is 201 g/mol. The van der Waals surface area contributed by atoms with E-state index in [4.69, 9.17) is 28.5 Å². The third kappa shape index (κ3) is 1.88. The van der Waals surface area contributed by atoms with Crippen molar-refractivity contribution >= 4 is 23.2 Å². The smallest absolute Gasteiger partial charge is 0.101 e. The Hall–Kier alpha value is -0.780. The number of hydrogen-bond donors (Lipinski definition) is 0. The van der Waals surface area contributed by atoms with E-state index in [0.717, 1.165) is 5.69 Å². The molecule has 62 valence electrons. The lowest BCUT2D eigenvalue weighted by molar-refractivity contribution is 1.07. The molecule has 0 aliphatic carbocycles. The molecule has 0 amide bonds. The van der Waals surface area contributed by atoms with Gasteiger partial charge in [0, 0.05) is 0 Å². The second-order valence-corrected chi connectivity index (χ2v) is 2.71. The SMILES string of the molecule is N#Cc1ccc(CCl)nc1CCl. The van der Waals surface area contributed by atoms with Gasteiger partial charge < -0.3 is 0 Å². The summed E-state index contributed by atoms with van der Waals surface area (Å²) in [6.45, 7) is 0. The maximum Gasteiger partial charge on any atom is 0.101 e. The van der Waals surface area contributed by atoms with Crippen LogP contribution in [0.2, 0.25) is 0 Å². The van der Waals surface area contributed by atoms with Crippen molar-refractivity contribution in [3.8, 4) is 6.07 Å². The van der Waals surface area contributed by atoms with Crippen LogP contribution in [-0.2, 0) is 11.8 Å². The molecule has 0 unspecified atom stereocenters. The van der Waals surface area contributed by atoms with Crippen LogP contribution in [0.25, 0.3) is 0 Å². The van der Waals surface area contributed by atoms with Crippen molar-refractivity contribution in [3.63, 3.8) is 0 Å². The molecule has 4 heteroatoms. The van der Waals surface area contributed by atoms with Crippen molar-refractivity contribution in [3.05, 3.63) is 29.1 Å². The van der Waals surface area contributed by atoms with Gasteiger partial charge in [-0.3, -0.25) is 4.98 Å². The molecule has 0 spiro atoms. The number of hydrogen-bond acceptors (Lipinski definition) is 2. The Kier molecular flexibility index (Phi) is 3.33. The van der Waals surface area contributed by atoms with Crippen LogP contribution in [0.4, 0.5) is 0 Å². The molecule has 0 atom stereocenters. The van der Waals surface area contributed by atoms with Crippen LogP contribution in [0.5, 0.6) is 0 Å². The maximum atomic E-state index is 8.63. The number of alkyl halides is 2. The number of pyridine rings is 1. The van der Waals surface area contributed by atoms with E-state index >= 15 is 0 Å². The number of nitrogens with zero attached hydrogens (tertiary/aromatic N) is 2. The lowest BCUT2D eigenvalue weighted by atomic mass is 10.2. The van der Waals surface area contributed by atoms with Gasteiger partial charge in [0.05, 0.1) is 28.7 Å². The summed E-state index contributed by atoms with van der Waals surface area (Å²) in [5, 5.41) is 8.63. The van der Waals surface area contributed by atoms with E-state index in [1.54, 1.807) is 12.1 Å². The maximum absolute atomic E-state index is 8.63. The van der Waals surface area contributed by atoms with Gasteiger partial charge >= 0.3 is 0 Å². The number of aromatic nitrogens is 1. The first-order valence-corrected chi connectivity index (χ1v) is 4.39. The highest BCUT2D eigenvalue weighted by Gasteiger charge is 2.02. The molecule has 0 radical (unpaired) electrons. The van der Waals surface area contributed by atoms with E-state index in [2.05, 4.69) is 4.98 Å². The molecular formula is C8H6Cl2N2. The number of rotatable bonds is 2. The molecule has 1 rings (SSSR count). The molecule has 1 heterocycles. The van der Waals surface area contributed by atoms with Crippen LogP contribution >= 0.6 is 23.2 Å². The first-order chi connectivity index (χ1) is 5.81. The summed E-state index contributed by atoms with van der Waals surface area (Å²) in [4.78, 5) is 4.09. The summed E-state index contributed by atoms with van der Waals surface area (Å²) in [6, 6.07) is 5.41. The minimum atomic E-state index is 0.244. The molecule has 0 saturated heterocycles. The summed E-state index contributed by atoms with van der Waals surface area (Å²) < 4.78 is 0. The molecule has 0 aliphatic rings. The highest BCUT2D eigenvalue weighted by Crippen LogP contribution is 2.10. The Bertz CT molecular complexity index is 317. The van der Waals surface area contributed by atoms with Crippen molar-refractivity contribution < 1.29 is 0 Å². The van der Waals surface area contributed by atoms with Gasteiger partial charge in [0.25, 0.3) is 0 Å². The van der Waals surface area contributed by atoms with Gasteiger partial charge in [0.1, 0.15) is 6.07 Å². The summed E-state index contributed by atoms with van der Waals surface area (Å²) in [7, 11) is 0.